The van der Waals surface area contributed by atoms with Crippen LogP contribution in [-0.2, 0) is 4.79 Å². The van der Waals surface area contributed by atoms with Gasteiger partial charge in [-0.3, -0.25) is 9.78 Å². The topological polar surface area (TPSA) is 54.9 Å². The summed E-state index contributed by atoms with van der Waals surface area (Å²) in [5, 5.41) is 1.42. The second-order valence-corrected chi connectivity index (χ2v) is 7.18. The molecule has 7 heteroatoms. The van der Waals surface area contributed by atoms with Crippen LogP contribution in [0.1, 0.15) is 0 Å². The highest BCUT2D eigenvalue weighted by molar-refractivity contribution is 6.35. The third-order valence-electron chi connectivity index (χ3n) is 5.09. The molecule has 0 aliphatic carbocycles. The van der Waals surface area contributed by atoms with Gasteiger partial charge >= 0.3 is 0 Å². The van der Waals surface area contributed by atoms with Crippen molar-refractivity contribution in [2.75, 3.05) is 44.8 Å². The van der Waals surface area contributed by atoms with Gasteiger partial charge in [0.2, 0.25) is 0 Å². The van der Waals surface area contributed by atoms with Gasteiger partial charge in [-0.2, -0.15) is 0 Å². The fourth-order valence-corrected chi connectivity index (χ4v) is 3.76. The molecule has 0 bridgehead atoms. The fourth-order valence-electron chi connectivity index (χ4n) is 3.55. The predicted octanol–water partition coefficient (Wildman–Crippen LogP) is 3.62. The number of amides is 1. The van der Waals surface area contributed by atoms with Crippen molar-refractivity contribution in [2.45, 2.75) is 0 Å². The number of halogens is 1. The van der Waals surface area contributed by atoms with E-state index in [2.05, 4.69) is 9.88 Å². The first-order valence-electron chi connectivity index (χ1n) is 9.49. The van der Waals surface area contributed by atoms with Crippen LogP contribution in [0.25, 0.3) is 10.9 Å². The van der Waals surface area contributed by atoms with E-state index in [1.54, 1.807) is 25.4 Å². The molecule has 0 radical (unpaired) electrons. The quantitative estimate of drug-likeness (QED) is 0.641. The first kappa shape index (κ1) is 19.3. The lowest BCUT2D eigenvalue weighted by Crippen LogP contribution is -2.50. The van der Waals surface area contributed by atoms with E-state index < -0.39 is 0 Å². The first-order chi connectivity index (χ1) is 14.2. The van der Waals surface area contributed by atoms with E-state index in [9.17, 15) is 4.79 Å². The Morgan fingerprint density at radius 2 is 1.83 bits per heavy atom. The van der Waals surface area contributed by atoms with Crippen LogP contribution in [0.4, 0.5) is 5.69 Å². The molecular weight excluding hydrogens is 390 g/mol. The summed E-state index contributed by atoms with van der Waals surface area (Å²) >= 11 is 6.21. The van der Waals surface area contributed by atoms with Crippen molar-refractivity contribution < 1.29 is 14.3 Å². The normalized spacial score (nSPS) is 14.1. The molecule has 1 aliphatic heterocycles. The first-order valence-corrected chi connectivity index (χ1v) is 9.87. The Kier molecular flexibility index (Phi) is 5.71. The molecule has 1 amide bonds. The lowest BCUT2D eigenvalue weighted by atomic mass is 10.2. The van der Waals surface area contributed by atoms with Crippen LogP contribution in [0.3, 0.4) is 0 Å². The van der Waals surface area contributed by atoms with Crippen LogP contribution in [0.2, 0.25) is 5.02 Å². The van der Waals surface area contributed by atoms with Crippen LogP contribution in [0.5, 0.6) is 11.5 Å². The third kappa shape index (κ3) is 4.07. The van der Waals surface area contributed by atoms with Gasteiger partial charge in [-0.25, -0.2) is 0 Å². The van der Waals surface area contributed by atoms with Crippen molar-refractivity contribution in [1.29, 1.82) is 0 Å². The second-order valence-electron chi connectivity index (χ2n) is 6.77. The molecule has 0 saturated carbocycles. The Morgan fingerprint density at radius 1 is 1.03 bits per heavy atom. The van der Waals surface area contributed by atoms with Crippen LogP contribution in [-0.4, -0.2) is 55.7 Å². The maximum atomic E-state index is 12.7. The summed E-state index contributed by atoms with van der Waals surface area (Å²) < 4.78 is 11.2. The number of methoxy groups -OCH3 is 1. The number of hydrogen-bond donors (Lipinski definition) is 0. The molecule has 0 unspecified atom stereocenters. The molecular formula is C22H22ClN3O3. The van der Waals surface area contributed by atoms with Crippen molar-refractivity contribution in [2.24, 2.45) is 0 Å². The zero-order valence-corrected chi connectivity index (χ0v) is 16.9. The number of rotatable bonds is 5. The second kappa shape index (κ2) is 8.57. The SMILES string of the molecule is COc1ccccc1N1CCN(C(=O)COc2ccc(Cl)c3cccnc23)CC1. The summed E-state index contributed by atoms with van der Waals surface area (Å²) in [6.45, 7) is 2.75. The van der Waals surface area contributed by atoms with Gasteiger partial charge in [0.05, 0.1) is 17.8 Å². The average molecular weight is 412 g/mol. The van der Waals surface area contributed by atoms with Crippen molar-refractivity contribution in [3.8, 4) is 11.5 Å². The number of aromatic nitrogens is 1. The van der Waals surface area contributed by atoms with Crippen LogP contribution >= 0.6 is 11.6 Å². The Labute approximate surface area is 174 Å². The number of carbonyl (C=O) groups excluding carboxylic acids is 1. The molecule has 6 nitrogen and oxygen atoms in total. The van der Waals surface area contributed by atoms with E-state index in [-0.39, 0.29) is 12.5 Å². The molecule has 1 saturated heterocycles. The molecule has 29 heavy (non-hydrogen) atoms. The van der Waals surface area contributed by atoms with Gasteiger partial charge in [0, 0.05) is 37.8 Å². The van der Waals surface area contributed by atoms with E-state index in [0.717, 1.165) is 29.9 Å². The number of benzene rings is 2. The van der Waals surface area contributed by atoms with E-state index >= 15 is 0 Å². The van der Waals surface area contributed by atoms with Crippen LogP contribution in [0.15, 0.2) is 54.7 Å². The maximum Gasteiger partial charge on any atom is 0.260 e. The van der Waals surface area contributed by atoms with E-state index in [1.165, 1.54) is 0 Å². The molecule has 0 atom stereocenters. The number of para-hydroxylation sites is 2. The molecule has 1 aliphatic rings. The number of hydrogen-bond acceptors (Lipinski definition) is 5. The molecule has 0 spiro atoms. The lowest BCUT2D eigenvalue weighted by Gasteiger charge is -2.36. The smallest absolute Gasteiger partial charge is 0.260 e. The van der Waals surface area contributed by atoms with E-state index in [1.807, 2.05) is 41.3 Å². The Bertz CT molecular complexity index is 1020. The molecule has 0 N–H and O–H groups in total. The molecule has 4 rings (SSSR count). The number of carbonyl (C=O) groups is 1. The minimum absolute atomic E-state index is 0.0258. The van der Waals surface area contributed by atoms with Gasteiger partial charge < -0.3 is 19.3 Å². The fraction of sp³-hybridized carbons (Fsp3) is 0.273. The number of ether oxygens (including phenoxy) is 2. The van der Waals surface area contributed by atoms with Gasteiger partial charge in [-0.05, 0) is 36.4 Å². The summed E-state index contributed by atoms with van der Waals surface area (Å²) in [4.78, 5) is 21.1. The van der Waals surface area contributed by atoms with Gasteiger partial charge in [0.15, 0.2) is 6.61 Å². The van der Waals surface area contributed by atoms with Crippen molar-refractivity contribution in [3.63, 3.8) is 0 Å². The highest BCUT2D eigenvalue weighted by Gasteiger charge is 2.23. The highest BCUT2D eigenvalue weighted by Crippen LogP contribution is 2.30. The van der Waals surface area contributed by atoms with Crippen molar-refractivity contribution in [1.82, 2.24) is 9.88 Å². The third-order valence-corrected chi connectivity index (χ3v) is 5.42. The molecule has 2 heterocycles. The monoisotopic (exact) mass is 411 g/mol. The van der Waals surface area contributed by atoms with Gasteiger partial charge in [0.1, 0.15) is 17.0 Å². The summed E-state index contributed by atoms with van der Waals surface area (Å²) in [5.74, 6) is 1.37. The average Bonchev–Trinajstić information content (AvgIpc) is 2.79. The predicted molar refractivity (Wildman–Crippen MR) is 114 cm³/mol. The van der Waals surface area contributed by atoms with Crippen LogP contribution in [0, 0.1) is 0 Å². The summed E-state index contributed by atoms with van der Waals surface area (Å²) in [5.41, 5.74) is 1.71. The van der Waals surface area contributed by atoms with Gasteiger partial charge in [-0.1, -0.05) is 23.7 Å². The summed E-state index contributed by atoms with van der Waals surface area (Å²) in [6, 6.07) is 15.2. The minimum atomic E-state index is -0.0382. The summed E-state index contributed by atoms with van der Waals surface area (Å²) in [6.07, 6.45) is 1.68. The summed E-state index contributed by atoms with van der Waals surface area (Å²) in [7, 11) is 1.67. The number of anilines is 1. The number of fused-ring (bicyclic) bond motifs is 1. The zero-order chi connectivity index (χ0) is 20.2. The van der Waals surface area contributed by atoms with Crippen molar-refractivity contribution in [3.05, 3.63) is 59.8 Å². The van der Waals surface area contributed by atoms with Gasteiger partial charge in [-0.15, -0.1) is 0 Å². The van der Waals surface area contributed by atoms with Crippen LogP contribution < -0.4 is 14.4 Å². The van der Waals surface area contributed by atoms with E-state index in [4.69, 9.17) is 21.1 Å². The maximum absolute atomic E-state index is 12.7. The molecule has 3 aromatic rings. The zero-order valence-electron chi connectivity index (χ0n) is 16.2. The standard InChI is InChI=1S/C22H22ClN3O3/c1-28-19-7-3-2-6-18(19)25-11-13-26(14-12-25)21(27)15-29-20-9-8-17(23)16-5-4-10-24-22(16)20/h2-10H,11-15H2,1H3. The van der Waals surface area contributed by atoms with Crippen molar-refractivity contribution >= 4 is 34.1 Å². The number of nitrogens with zero attached hydrogens (tertiary/aromatic N) is 3. The Balaban J connectivity index is 1.37. The molecule has 1 fully saturated rings. The number of piperazine rings is 1. The van der Waals surface area contributed by atoms with E-state index in [0.29, 0.717) is 29.4 Å². The highest BCUT2D eigenvalue weighted by atomic mass is 35.5. The minimum Gasteiger partial charge on any atom is -0.495 e. The largest absolute Gasteiger partial charge is 0.495 e. The Hall–Kier alpha value is -2.99. The van der Waals surface area contributed by atoms with Gasteiger partial charge in [0.25, 0.3) is 5.91 Å². The number of pyridine rings is 1. The molecule has 1 aromatic heterocycles. The molecule has 2 aromatic carbocycles. The molecule has 150 valence electrons. The Morgan fingerprint density at radius 3 is 2.62 bits per heavy atom. The lowest BCUT2D eigenvalue weighted by molar-refractivity contribution is -0.133.